The van der Waals surface area contributed by atoms with Gasteiger partial charge in [0.05, 0.1) is 11.9 Å². The molecule has 4 rings (SSSR count). The number of fused-ring (bicyclic) bond motifs is 1. The van der Waals surface area contributed by atoms with Crippen LogP contribution in [0.1, 0.15) is 57.9 Å². The molecule has 8 heteroatoms. The number of nitrogens with zero attached hydrogens (tertiary/aromatic N) is 4. The molecule has 158 valence electrons. The lowest BCUT2D eigenvalue weighted by atomic mass is 9.60. The first kappa shape index (κ1) is 20.6. The Hall–Kier alpha value is -2.67. The Labute approximate surface area is 180 Å². The number of imidazole rings is 1. The normalized spacial score (nSPS) is 22.2. The van der Waals surface area contributed by atoms with E-state index in [0.29, 0.717) is 10.8 Å². The Bertz CT molecular complexity index is 1090. The van der Waals surface area contributed by atoms with E-state index in [1.165, 1.54) is 0 Å². The van der Waals surface area contributed by atoms with Crippen LogP contribution in [0, 0.1) is 5.41 Å². The number of carbonyl (C=O) groups excluding carboxylic acids is 1. The Kier molecular flexibility index (Phi) is 5.18. The largest absolute Gasteiger partial charge is 0.442 e. The third kappa shape index (κ3) is 3.51. The van der Waals surface area contributed by atoms with Crippen molar-refractivity contribution in [3.8, 4) is 11.4 Å². The number of rotatable bonds is 3. The SMILES string of the molecule is CC(C)(C)[C@]1(OC(N)=O)CCCC[C@@H]1c1ccnc(-c2cnc3ccc(Cl)nn23)c1. The summed E-state index contributed by atoms with van der Waals surface area (Å²) >= 11 is 6.08. The van der Waals surface area contributed by atoms with Gasteiger partial charge in [-0.25, -0.2) is 14.3 Å². The topological polar surface area (TPSA) is 95.4 Å². The number of carbonyl (C=O) groups is 1. The first-order valence-corrected chi connectivity index (χ1v) is 10.5. The lowest BCUT2D eigenvalue weighted by Crippen LogP contribution is -2.54. The first-order valence-electron chi connectivity index (χ1n) is 10.2. The van der Waals surface area contributed by atoms with Crippen LogP contribution < -0.4 is 5.73 Å². The molecule has 2 N–H and O–H groups in total. The van der Waals surface area contributed by atoms with Crippen LogP contribution >= 0.6 is 11.6 Å². The molecule has 0 aliphatic heterocycles. The molecule has 0 unspecified atom stereocenters. The Morgan fingerprint density at radius 2 is 2.07 bits per heavy atom. The summed E-state index contributed by atoms with van der Waals surface area (Å²) < 4.78 is 7.58. The molecule has 7 nitrogen and oxygen atoms in total. The molecule has 1 fully saturated rings. The lowest BCUT2D eigenvalue weighted by Gasteiger charge is -2.51. The summed E-state index contributed by atoms with van der Waals surface area (Å²) in [6, 6.07) is 7.55. The molecular formula is C22H26ClN5O2. The van der Waals surface area contributed by atoms with Crippen molar-refractivity contribution in [3.63, 3.8) is 0 Å². The Morgan fingerprint density at radius 1 is 1.27 bits per heavy atom. The van der Waals surface area contributed by atoms with E-state index in [-0.39, 0.29) is 11.3 Å². The van der Waals surface area contributed by atoms with Crippen LogP contribution in [-0.4, -0.2) is 31.3 Å². The predicted molar refractivity (Wildman–Crippen MR) is 115 cm³/mol. The minimum absolute atomic E-state index is 0.0104. The van der Waals surface area contributed by atoms with Gasteiger partial charge in [-0.3, -0.25) is 4.98 Å². The third-order valence-corrected chi connectivity index (χ3v) is 6.39. The summed E-state index contributed by atoms with van der Waals surface area (Å²) in [6.07, 6.45) is 6.53. The van der Waals surface area contributed by atoms with Crippen LogP contribution in [0.3, 0.4) is 0 Å². The molecule has 0 saturated heterocycles. The number of nitrogens with two attached hydrogens (primary N) is 1. The molecule has 1 aliphatic carbocycles. The number of primary amides is 1. The number of halogens is 1. The van der Waals surface area contributed by atoms with Crippen LogP contribution in [-0.2, 0) is 4.74 Å². The molecule has 1 amide bonds. The summed E-state index contributed by atoms with van der Waals surface area (Å²) in [5.74, 6) is 0.0104. The lowest BCUT2D eigenvalue weighted by molar-refractivity contribution is -0.105. The number of ether oxygens (including phenoxy) is 1. The smallest absolute Gasteiger partial charge is 0.405 e. The maximum absolute atomic E-state index is 11.9. The standard InChI is InChI=1S/C22H26ClN5O2/c1-21(2,3)22(30-20(24)29)10-5-4-6-15(22)14-9-11-25-16(12-14)17-13-26-19-8-7-18(23)27-28(17)19/h7-9,11-13,15H,4-6,10H2,1-3H3,(H2,24,29)/t15-,22+/m1/s1. The second-order valence-electron chi connectivity index (χ2n) is 8.90. The van der Waals surface area contributed by atoms with E-state index in [1.807, 2.05) is 18.2 Å². The average Bonchev–Trinajstić information content (AvgIpc) is 3.10. The number of hydrogen-bond donors (Lipinski definition) is 1. The molecule has 30 heavy (non-hydrogen) atoms. The van der Waals surface area contributed by atoms with E-state index in [1.54, 1.807) is 23.0 Å². The van der Waals surface area contributed by atoms with Crippen LogP contribution in [0.4, 0.5) is 4.79 Å². The molecule has 0 bridgehead atoms. The zero-order chi connectivity index (χ0) is 21.5. The Balaban J connectivity index is 1.81. The number of amides is 1. The van der Waals surface area contributed by atoms with Crippen molar-refractivity contribution < 1.29 is 9.53 Å². The summed E-state index contributed by atoms with van der Waals surface area (Å²) in [6.45, 7) is 6.31. The monoisotopic (exact) mass is 427 g/mol. The van der Waals surface area contributed by atoms with Gasteiger partial charge in [-0.05, 0) is 49.1 Å². The van der Waals surface area contributed by atoms with Crippen molar-refractivity contribution in [2.75, 3.05) is 0 Å². The van der Waals surface area contributed by atoms with Gasteiger partial charge in [0.15, 0.2) is 5.65 Å². The first-order chi connectivity index (χ1) is 14.2. The zero-order valence-electron chi connectivity index (χ0n) is 17.4. The average molecular weight is 428 g/mol. The van der Waals surface area contributed by atoms with Gasteiger partial charge in [-0.2, -0.15) is 5.10 Å². The van der Waals surface area contributed by atoms with E-state index >= 15 is 0 Å². The zero-order valence-corrected chi connectivity index (χ0v) is 18.2. The fourth-order valence-corrected chi connectivity index (χ4v) is 4.90. The van der Waals surface area contributed by atoms with Crippen molar-refractivity contribution >= 4 is 23.3 Å². The summed E-state index contributed by atoms with van der Waals surface area (Å²) in [7, 11) is 0. The molecule has 0 spiro atoms. The van der Waals surface area contributed by atoms with E-state index < -0.39 is 11.7 Å². The van der Waals surface area contributed by atoms with Gasteiger partial charge >= 0.3 is 6.09 Å². The highest BCUT2D eigenvalue weighted by Crippen LogP contribution is 2.53. The van der Waals surface area contributed by atoms with E-state index in [0.717, 1.165) is 42.6 Å². The highest BCUT2D eigenvalue weighted by molar-refractivity contribution is 6.29. The molecule has 1 aliphatic rings. The number of hydrogen-bond acceptors (Lipinski definition) is 5. The fourth-order valence-electron chi connectivity index (χ4n) is 4.76. The second-order valence-corrected chi connectivity index (χ2v) is 9.29. The van der Waals surface area contributed by atoms with Crippen LogP contribution in [0.2, 0.25) is 5.15 Å². The van der Waals surface area contributed by atoms with Crippen molar-refractivity contribution in [1.29, 1.82) is 0 Å². The van der Waals surface area contributed by atoms with E-state index in [2.05, 4.69) is 35.8 Å². The van der Waals surface area contributed by atoms with Gasteiger partial charge in [-0.15, -0.1) is 0 Å². The Morgan fingerprint density at radius 3 is 2.80 bits per heavy atom. The van der Waals surface area contributed by atoms with E-state index in [4.69, 9.17) is 22.1 Å². The molecule has 3 aromatic heterocycles. The van der Waals surface area contributed by atoms with Crippen LogP contribution in [0.5, 0.6) is 0 Å². The van der Waals surface area contributed by atoms with Crippen molar-refractivity contribution in [2.24, 2.45) is 11.1 Å². The quantitative estimate of drug-likeness (QED) is 0.635. The molecule has 2 atom stereocenters. The van der Waals surface area contributed by atoms with E-state index in [9.17, 15) is 4.79 Å². The van der Waals surface area contributed by atoms with Crippen LogP contribution in [0.25, 0.3) is 17.0 Å². The predicted octanol–water partition coefficient (Wildman–Crippen LogP) is 4.98. The summed E-state index contributed by atoms with van der Waals surface area (Å²) in [5, 5.41) is 4.74. The maximum Gasteiger partial charge on any atom is 0.405 e. The highest BCUT2D eigenvalue weighted by atomic mass is 35.5. The molecule has 3 aromatic rings. The molecule has 0 radical (unpaired) electrons. The van der Waals surface area contributed by atoms with Gasteiger partial charge in [0.1, 0.15) is 16.4 Å². The van der Waals surface area contributed by atoms with Gasteiger partial charge < -0.3 is 10.5 Å². The van der Waals surface area contributed by atoms with Gasteiger partial charge in [0.25, 0.3) is 0 Å². The minimum atomic E-state index is -0.730. The third-order valence-electron chi connectivity index (χ3n) is 6.18. The van der Waals surface area contributed by atoms with Gasteiger partial charge in [0, 0.05) is 17.5 Å². The maximum atomic E-state index is 11.9. The van der Waals surface area contributed by atoms with Crippen molar-refractivity contribution in [2.45, 2.75) is 58.0 Å². The summed E-state index contributed by atoms with van der Waals surface area (Å²) in [5.41, 5.74) is 7.80. The van der Waals surface area contributed by atoms with Gasteiger partial charge in [-0.1, -0.05) is 38.8 Å². The number of pyridine rings is 1. The minimum Gasteiger partial charge on any atom is -0.442 e. The molecule has 0 aromatic carbocycles. The second kappa shape index (κ2) is 7.54. The molecular weight excluding hydrogens is 402 g/mol. The molecule has 1 saturated carbocycles. The van der Waals surface area contributed by atoms with Crippen LogP contribution in [0.15, 0.2) is 36.7 Å². The van der Waals surface area contributed by atoms with Gasteiger partial charge in [0.2, 0.25) is 0 Å². The number of aromatic nitrogens is 4. The molecule has 3 heterocycles. The van der Waals surface area contributed by atoms with Crippen molar-refractivity contribution in [3.05, 3.63) is 47.4 Å². The van der Waals surface area contributed by atoms with Crippen molar-refractivity contribution in [1.82, 2.24) is 19.6 Å². The fraction of sp³-hybridized carbons (Fsp3) is 0.455. The highest BCUT2D eigenvalue weighted by Gasteiger charge is 2.52. The summed E-state index contributed by atoms with van der Waals surface area (Å²) in [4.78, 5) is 20.8.